The molecule has 0 saturated heterocycles. The monoisotopic (exact) mass is 494 g/mol. The van der Waals surface area contributed by atoms with Gasteiger partial charge in [-0.05, 0) is 54.6 Å². The topological polar surface area (TPSA) is 75.3 Å². The van der Waals surface area contributed by atoms with Gasteiger partial charge in [-0.25, -0.2) is 8.42 Å². The molecule has 0 spiro atoms. The lowest BCUT2D eigenvalue weighted by molar-refractivity contribution is -0.136. The highest BCUT2D eigenvalue weighted by Gasteiger charge is 2.34. The number of hydrogen-bond acceptors (Lipinski definition) is 4. The average Bonchev–Trinajstić information content (AvgIpc) is 3.10. The Hall–Kier alpha value is -2.27. The number of alkyl halides is 3. The van der Waals surface area contributed by atoms with Crippen molar-refractivity contribution in [2.24, 2.45) is 0 Å². The van der Waals surface area contributed by atoms with Gasteiger partial charge in [0, 0.05) is 16.3 Å². The molecule has 5 nitrogen and oxygen atoms in total. The van der Waals surface area contributed by atoms with Crippen molar-refractivity contribution in [3.8, 4) is 0 Å². The molecule has 1 heterocycles. The molecule has 0 unspecified atom stereocenters. The number of amides is 1. The molecule has 0 saturated carbocycles. The summed E-state index contributed by atoms with van der Waals surface area (Å²) in [4.78, 5) is 12.3. The number of carbonyl (C=O) groups excluding carboxylic acids is 1. The second kappa shape index (κ2) is 8.46. The summed E-state index contributed by atoms with van der Waals surface area (Å²) in [5.41, 5.74) is -1.34. The number of anilines is 2. The number of nitrogens with one attached hydrogen (secondary N) is 2. The minimum atomic E-state index is -4.71. The molecule has 30 heavy (non-hydrogen) atoms. The van der Waals surface area contributed by atoms with Gasteiger partial charge < -0.3 is 5.32 Å². The Morgan fingerprint density at radius 1 is 0.967 bits per heavy atom. The van der Waals surface area contributed by atoms with Gasteiger partial charge in [-0.3, -0.25) is 9.52 Å². The summed E-state index contributed by atoms with van der Waals surface area (Å²) < 4.78 is 66.7. The molecular weight excluding hydrogens is 484 g/mol. The predicted molar refractivity (Wildman–Crippen MR) is 111 cm³/mol. The maximum atomic E-state index is 13.2. The van der Waals surface area contributed by atoms with Crippen LogP contribution in [0.3, 0.4) is 0 Å². The van der Waals surface area contributed by atoms with E-state index in [-0.39, 0.29) is 20.5 Å². The lowest BCUT2D eigenvalue weighted by atomic mass is 10.1. The van der Waals surface area contributed by atoms with Crippen LogP contribution in [0.2, 0.25) is 9.36 Å². The number of thiophene rings is 1. The van der Waals surface area contributed by atoms with Gasteiger partial charge in [0.2, 0.25) is 0 Å². The summed E-state index contributed by atoms with van der Waals surface area (Å²) in [6, 6.07) is 11.0. The van der Waals surface area contributed by atoms with Crippen molar-refractivity contribution in [2.45, 2.75) is 10.4 Å². The number of sulfonamides is 1. The third-order valence-electron chi connectivity index (χ3n) is 3.75. The van der Waals surface area contributed by atoms with E-state index < -0.39 is 33.4 Å². The largest absolute Gasteiger partial charge is 0.418 e. The predicted octanol–water partition coefficient (Wildman–Crippen LogP) is 6.13. The van der Waals surface area contributed by atoms with Gasteiger partial charge in [0.1, 0.15) is 4.21 Å². The smallest absolute Gasteiger partial charge is 0.321 e. The zero-order valence-electron chi connectivity index (χ0n) is 14.6. The lowest BCUT2D eigenvalue weighted by Gasteiger charge is -2.14. The standard InChI is InChI=1S/C18H11Cl2F3N2O3S2/c19-11-3-6-14(13(9-11)18(21,22)23)24-17(26)10-1-4-12(5-2-10)25-30(27,28)16-8-7-15(20)29-16/h1-9,25H,(H,24,26). The number of hydrogen-bond donors (Lipinski definition) is 2. The van der Waals surface area contributed by atoms with Crippen LogP contribution in [0.4, 0.5) is 24.5 Å². The van der Waals surface area contributed by atoms with Crippen molar-refractivity contribution in [2.75, 3.05) is 10.0 Å². The third kappa shape index (κ3) is 5.25. The second-order valence-electron chi connectivity index (χ2n) is 5.88. The van der Waals surface area contributed by atoms with E-state index in [2.05, 4.69) is 10.0 Å². The summed E-state index contributed by atoms with van der Waals surface area (Å²) in [6.07, 6.45) is -4.71. The van der Waals surface area contributed by atoms with Gasteiger partial charge in [-0.15, -0.1) is 11.3 Å². The zero-order chi connectivity index (χ0) is 22.1. The van der Waals surface area contributed by atoms with E-state index in [1.165, 1.54) is 42.5 Å². The van der Waals surface area contributed by atoms with Crippen LogP contribution in [0.5, 0.6) is 0 Å². The van der Waals surface area contributed by atoms with Crippen molar-refractivity contribution in [3.05, 3.63) is 75.1 Å². The van der Waals surface area contributed by atoms with E-state index in [1.54, 1.807) is 0 Å². The molecule has 3 aromatic rings. The van der Waals surface area contributed by atoms with Crippen LogP contribution in [0.15, 0.2) is 58.8 Å². The maximum Gasteiger partial charge on any atom is 0.418 e. The Morgan fingerprint density at radius 3 is 2.20 bits per heavy atom. The van der Waals surface area contributed by atoms with Crippen LogP contribution in [-0.2, 0) is 16.2 Å². The van der Waals surface area contributed by atoms with E-state index in [4.69, 9.17) is 23.2 Å². The number of halogens is 5. The van der Waals surface area contributed by atoms with Crippen molar-refractivity contribution in [1.82, 2.24) is 0 Å². The zero-order valence-corrected chi connectivity index (χ0v) is 17.8. The fraction of sp³-hybridized carbons (Fsp3) is 0.0556. The van der Waals surface area contributed by atoms with E-state index >= 15 is 0 Å². The van der Waals surface area contributed by atoms with Gasteiger partial charge >= 0.3 is 6.18 Å². The van der Waals surface area contributed by atoms with Crippen molar-refractivity contribution < 1.29 is 26.4 Å². The summed E-state index contributed by atoms with van der Waals surface area (Å²) >= 11 is 12.2. The molecule has 0 aliphatic carbocycles. The van der Waals surface area contributed by atoms with Crippen molar-refractivity contribution in [3.63, 3.8) is 0 Å². The maximum absolute atomic E-state index is 13.2. The summed E-state index contributed by atoms with van der Waals surface area (Å²) in [5.74, 6) is -0.803. The minimum absolute atomic E-state index is 0.0109. The Kier molecular flexibility index (Phi) is 6.32. The Balaban J connectivity index is 1.76. The first-order valence-corrected chi connectivity index (χ1v) is 11.1. The molecule has 0 atom stereocenters. The van der Waals surface area contributed by atoms with Crippen molar-refractivity contribution in [1.29, 1.82) is 0 Å². The average molecular weight is 495 g/mol. The molecule has 0 aliphatic heterocycles. The second-order valence-corrected chi connectivity index (χ2v) is 9.94. The number of carbonyl (C=O) groups is 1. The molecule has 1 amide bonds. The molecule has 2 N–H and O–H groups in total. The van der Waals surface area contributed by atoms with Crippen LogP contribution >= 0.6 is 34.5 Å². The number of rotatable bonds is 5. The molecule has 0 bridgehead atoms. The molecular formula is C18H11Cl2F3N2O3S2. The van der Waals surface area contributed by atoms with Gasteiger partial charge in [0.15, 0.2) is 0 Å². The van der Waals surface area contributed by atoms with Crippen molar-refractivity contribution >= 4 is 61.8 Å². The van der Waals surface area contributed by atoms with E-state index in [0.29, 0.717) is 10.4 Å². The van der Waals surface area contributed by atoms with Crippen LogP contribution in [0, 0.1) is 0 Å². The summed E-state index contributed by atoms with van der Waals surface area (Å²) in [7, 11) is -3.85. The normalized spacial score (nSPS) is 11.9. The lowest BCUT2D eigenvalue weighted by Crippen LogP contribution is -2.17. The van der Waals surface area contributed by atoms with E-state index in [1.807, 2.05) is 0 Å². The van der Waals surface area contributed by atoms with E-state index in [9.17, 15) is 26.4 Å². The highest BCUT2D eigenvalue weighted by atomic mass is 35.5. The Labute approximate surface area is 183 Å². The van der Waals surface area contributed by atoms with Crippen LogP contribution in [0.25, 0.3) is 0 Å². The molecule has 2 aromatic carbocycles. The fourth-order valence-electron chi connectivity index (χ4n) is 2.39. The number of benzene rings is 2. The summed E-state index contributed by atoms with van der Waals surface area (Å²) in [6.45, 7) is 0. The van der Waals surface area contributed by atoms with Gasteiger partial charge in [-0.1, -0.05) is 23.2 Å². The molecule has 3 rings (SSSR count). The fourth-order valence-corrected chi connectivity index (χ4v) is 5.11. The minimum Gasteiger partial charge on any atom is -0.321 e. The van der Waals surface area contributed by atoms with Gasteiger partial charge in [0.05, 0.1) is 15.6 Å². The van der Waals surface area contributed by atoms with Crippen LogP contribution in [-0.4, -0.2) is 14.3 Å². The van der Waals surface area contributed by atoms with Crippen LogP contribution in [0.1, 0.15) is 15.9 Å². The highest BCUT2D eigenvalue weighted by Crippen LogP contribution is 2.36. The molecule has 0 aliphatic rings. The quantitative estimate of drug-likeness (QED) is 0.448. The highest BCUT2D eigenvalue weighted by molar-refractivity contribution is 7.94. The third-order valence-corrected chi connectivity index (χ3v) is 7.09. The first-order chi connectivity index (χ1) is 14.0. The Morgan fingerprint density at radius 2 is 1.63 bits per heavy atom. The molecule has 0 radical (unpaired) electrons. The molecule has 1 aromatic heterocycles. The summed E-state index contributed by atoms with van der Waals surface area (Å²) in [5, 5.41) is 2.07. The molecule has 0 fully saturated rings. The SMILES string of the molecule is O=C(Nc1ccc(Cl)cc1C(F)(F)F)c1ccc(NS(=O)(=O)c2ccc(Cl)s2)cc1. The molecule has 12 heteroatoms. The van der Waals surface area contributed by atoms with E-state index in [0.717, 1.165) is 17.4 Å². The van der Waals surface area contributed by atoms with Crippen LogP contribution < -0.4 is 10.0 Å². The van der Waals surface area contributed by atoms with Gasteiger partial charge in [-0.2, -0.15) is 13.2 Å². The first kappa shape index (κ1) is 22.4. The molecule has 158 valence electrons. The van der Waals surface area contributed by atoms with Gasteiger partial charge in [0.25, 0.3) is 15.9 Å². The first-order valence-electron chi connectivity index (χ1n) is 8.02. The Bertz CT molecular complexity index is 1190.